The quantitative estimate of drug-likeness (QED) is 0.316. The lowest BCUT2D eigenvalue weighted by Crippen LogP contribution is -1.74. The molecule has 0 aliphatic carbocycles. The Morgan fingerprint density at radius 3 is 0.867 bits per heavy atom. The van der Waals surface area contributed by atoms with Gasteiger partial charge >= 0.3 is 11.4 Å². The van der Waals surface area contributed by atoms with E-state index >= 15 is 0 Å². The number of diazo groups is 2. The first kappa shape index (κ1) is 20.2. The van der Waals surface area contributed by atoms with Gasteiger partial charge in [0.15, 0.2) is 9.95 Å². The van der Waals surface area contributed by atoms with Gasteiger partial charge in [0.05, 0.1) is 0 Å². The van der Waals surface area contributed by atoms with E-state index in [4.69, 9.17) is 10.8 Å². The Labute approximate surface area is 176 Å². The molecular formula is C26H20N4+2. The zero-order chi connectivity index (χ0) is 21.0. The molecular weight excluding hydrogens is 368 g/mol. The second kappa shape index (κ2) is 10.7. The van der Waals surface area contributed by atoms with Crippen molar-refractivity contribution in [2.45, 2.75) is 0 Å². The van der Waals surface area contributed by atoms with Crippen molar-refractivity contribution in [2.75, 3.05) is 0 Å². The summed E-state index contributed by atoms with van der Waals surface area (Å²) in [5, 5.41) is 17.4. The second-order valence-corrected chi connectivity index (χ2v) is 6.49. The fourth-order valence-electron chi connectivity index (χ4n) is 2.69. The van der Waals surface area contributed by atoms with Crippen LogP contribution in [0.25, 0.3) is 34.3 Å². The minimum Gasteiger partial charge on any atom is -0.0617 e. The van der Waals surface area contributed by atoms with Gasteiger partial charge in [-0.2, -0.15) is 0 Å². The molecule has 142 valence electrons. The molecule has 0 radical (unpaired) electrons. The summed E-state index contributed by atoms with van der Waals surface area (Å²) in [4.78, 5) is 6.28. The molecule has 0 aliphatic heterocycles. The molecule has 0 amide bonds. The molecule has 3 aromatic rings. The predicted octanol–water partition coefficient (Wildman–Crippen LogP) is 8.11. The molecule has 30 heavy (non-hydrogen) atoms. The summed E-state index contributed by atoms with van der Waals surface area (Å²) in [6.07, 6.45) is 16.0. The lowest BCUT2D eigenvalue weighted by molar-refractivity contribution is 1.46. The van der Waals surface area contributed by atoms with Crippen molar-refractivity contribution in [3.8, 4) is 0 Å². The van der Waals surface area contributed by atoms with Crippen molar-refractivity contribution in [3.05, 3.63) is 129 Å². The monoisotopic (exact) mass is 388 g/mol. The van der Waals surface area contributed by atoms with Gasteiger partial charge in [-0.25, -0.2) is 0 Å². The standard InChI is InChI=1S/C26H20N4/c27-29-25-17-13-23(14-18-25)7-3-1-5-21-9-11-22(12-10-21)6-2-4-8-24-15-19-26(30-28)20-16-24/h1-20H/q+2. The fraction of sp³-hybridized carbons (Fsp3) is 0. The molecule has 0 heterocycles. The predicted molar refractivity (Wildman–Crippen MR) is 125 cm³/mol. The Balaban J connectivity index is 1.52. The zero-order valence-electron chi connectivity index (χ0n) is 16.3. The molecule has 0 unspecified atom stereocenters. The molecule has 0 atom stereocenters. The zero-order valence-corrected chi connectivity index (χ0v) is 16.3. The molecule has 0 bridgehead atoms. The average Bonchev–Trinajstić information content (AvgIpc) is 2.81. The van der Waals surface area contributed by atoms with Crippen molar-refractivity contribution in [1.29, 1.82) is 10.8 Å². The highest BCUT2D eigenvalue weighted by molar-refractivity contribution is 5.62. The lowest BCUT2D eigenvalue weighted by atomic mass is 10.1. The van der Waals surface area contributed by atoms with Crippen molar-refractivity contribution in [1.82, 2.24) is 0 Å². The van der Waals surface area contributed by atoms with Crippen LogP contribution in [-0.2, 0) is 0 Å². The normalized spacial score (nSPS) is 11.4. The summed E-state index contributed by atoms with van der Waals surface area (Å²) in [6, 6.07) is 22.9. The van der Waals surface area contributed by atoms with E-state index in [1.165, 1.54) is 0 Å². The van der Waals surface area contributed by atoms with Gasteiger partial charge in [-0.15, -0.1) is 0 Å². The summed E-state index contributed by atoms with van der Waals surface area (Å²) >= 11 is 0. The van der Waals surface area contributed by atoms with Crippen LogP contribution in [-0.4, -0.2) is 0 Å². The summed E-state index contributed by atoms with van der Waals surface area (Å²) in [7, 11) is 0. The van der Waals surface area contributed by atoms with E-state index in [9.17, 15) is 0 Å². The molecule has 0 aromatic heterocycles. The van der Waals surface area contributed by atoms with Gasteiger partial charge in [-0.05, 0) is 46.5 Å². The maximum absolute atomic E-state index is 8.69. The average molecular weight is 388 g/mol. The van der Waals surface area contributed by atoms with Gasteiger partial charge < -0.3 is 0 Å². The highest BCUT2D eigenvalue weighted by atomic mass is 14.8. The van der Waals surface area contributed by atoms with Crippen LogP contribution in [0.4, 0.5) is 11.4 Å². The molecule has 0 spiro atoms. The van der Waals surface area contributed by atoms with Crippen molar-refractivity contribution in [2.24, 2.45) is 0 Å². The van der Waals surface area contributed by atoms with Crippen molar-refractivity contribution < 1.29 is 0 Å². The van der Waals surface area contributed by atoms with E-state index in [2.05, 4.69) is 34.2 Å². The van der Waals surface area contributed by atoms with Crippen LogP contribution in [0.5, 0.6) is 0 Å². The van der Waals surface area contributed by atoms with Crippen molar-refractivity contribution in [3.63, 3.8) is 0 Å². The first-order chi connectivity index (χ1) is 14.8. The molecule has 4 nitrogen and oxygen atoms in total. The van der Waals surface area contributed by atoms with Crippen molar-refractivity contribution >= 4 is 35.7 Å². The Morgan fingerprint density at radius 2 is 0.633 bits per heavy atom. The van der Waals surface area contributed by atoms with E-state index in [-0.39, 0.29) is 0 Å². The third kappa shape index (κ3) is 6.27. The first-order valence-corrected chi connectivity index (χ1v) is 9.47. The topological polar surface area (TPSA) is 56.3 Å². The molecule has 0 N–H and O–H groups in total. The summed E-state index contributed by atoms with van der Waals surface area (Å²) < 4.78 is 0. The van der Waals surface area contributed by atoms with Gasteiger partial charge in [0.1, 0.15) is 0 Å². The molecule has 0 saturated carbocycles. The Kier molecular flexibility index (Phi) is 7.21. The summed E-state index contributed by atoms with van der Waals surface area (Å²) in [5.74, 6) is 0. The number of allylic oxidation sites excluding steroid dienone is 4. The highest BCUT2D eigenvalue weighted by Gasteiger charge is 2.00. The first-order valence-electron chi connectivity index (χ1n) is 9.47. The SMILES string of the molecule is N#[N+]c1ccc(C=CC=Cc2ccc(C=CC=Cc3ccc([N+]#N)cc3)cc2)cc1. The third-order valence-electron chi connectivity index (χ3n) is 4.33. The van der Waals surface area contributed by atoms with Crippen LogP contribution in [0.15, 0.2) is 97.1 Å². The third-order valence-corrected chi connectivity index (χ3v) is 4.33. The molecule has 3 rings (SSSR count). The molecule has 4 heteroatoms. The van der Waals surface area contributed by atoms with Crippen LogP contribution in [0.3, 0.4) is 0 Å². The summed E-state index contributed by atoms with van der Waals surface area (Å²) in [6.45, 7) is 0. The van der Waals surface area contributed by atoms with Crippen LogP contribution in [0.2, 0.25) is 0 Å². The van der Waals surface area contributed by atoms with E-state index in [0.717, 1.165) is 22.3 Å². The maximum atomic E-state index is 8.69. The molecule has 0 aliphatic rings. The fourth-order valence-corrected chi connectivity index (χ4v) is 2.69. The van der Waals surface area contributed by atoms with Crippen LogP contribution < -0.4 is 0 Å². The lowest BCUT2D eigenvalue weighted by Gasteiger charge is -1.95. The number of nitrogens with zero attached hydrogens (tertiary/aromatic N) is 4. The van der Waals surface area contributed by atoms with Crippen LogP contribution in [0.1, 0.15) is 22.3 Å². The number of benzene rings is 3. The highest BCUT2D eigenvalue weighted by Crippen LogP contribution is 2.15. The Bertz CT molecular complexity index is 1070. The van der Waals surface area contributed by atoms with Crippen LogP contribution in [0, 0.1) is 10.8 Å². The molecule has 3 aromatic carbocycles. The molecule has 0 fully saturated rings. The second-order valence-electron chi connectivity index (χ2n) is 6.49. The smallest absolute Gasteiger partial charge is 0.0617 e. The maximum Gasteiger partial charge on any atom is 0.385 e. The van der Waals surface area contributed by atoms with Crippen LogP contribution >= 0.6 is 0 Å². The van der Waals surface area contributed by atoms with Gasteiger partial charge in [-0.3, -0.25) is 0 Å². The van der Waals surface area contributed by atoms with Gasteiger partial charge in [0.25, 0.3) is 0 Å². The Morgan fingerprint density at radius 1 is 0.400 bits per heavy atom. The number of hydrogen-bond donors (Lipinski definition) is 0. The molecule has 0 saturated heterocycles. The minimum absolute atomic E-state index is 0.542. The van der Waals surface area contributed by atoms with Gasteiger partial charge in [-0.1, -0.05) is 72.9 Å². The number of hydrogen-bond acceptors (Lipinski definition) is 2. The largest absolute Gasteiger partial charge is 0.385 e. The van der Waals surface area contributed by atoms with E-state index in [1.807, 2.05) is 72.9 Å². The Hall–Kier alpha value is -4.54. The summed E-state index contributed by atoms with van der Waals surface area (Å²) in [5.41, 5.74) is 5.41. The van der Waals surface area contributed by atoms with Gasteiger partial charge in [0.2, 0.25) is 10.8 Å². The van der Waals surface area contributed by atoms with E-state index < -0.39 is 0 Å². The van der Waals surface area contributed by atoms with E-state index in [0.29, 0.717) is 11.4 Å². The number of rotatable bonds is 6. The van der Waals surface area contributed by atoms with Gasteiger partial charge in [0, 0.05) is 24.3 Å². The minimum atomic E-state index is 0.542. The van der Waals surface area contributed by atoms with E-state index in [1.54, 1.807) is 24.3 Å².